The summed E-state index contributed by atoms with van der Waals surface area (Å²) < 4.78 is 1.68. The van der Waals surface area contributed by atoms with Crippen LogP contribution < -0.4 is 0 Å². The van der Waals surface area contributed by atoms with Crippen molar-refractivity contribution in [1.82, 2.24) is 4.57 Å². The minimum absolute atomic E-state index is 0.0337. The van der Waals surface area contributed by atoms with Crippen LogP contribution in [-0.4, -0.2) is 16.1 Å². The summed E-state index contributed by atoms with van der Waals surface area (Å²) in [6.07, 6.45) is 0. The summed E-state index contributed by atoms with van der Waals surface area (Å²) in [4.78, 5) is 24.0. The van der Waals surface area contributed by atoms with E-state index in [4.69, 9.17) is 0 Å². The van der Waals surface area contributed by atoms with E-state index in [0.29, 0.717) is 17.0 Å². The van der Waals surface area contributed by atoms with E-state index in [1.54, 1.807) is 17.7 Å². The molecule has 0 N–H and O–H groups in total. The SMILES string of the molecule is CC(=O)c1cc(C)c(C(=O)c2ccc(C)cc2)n1C. The molecule has 0 aliphatic rings. The van der Waals surface area contributed by atoms with E-state index in [1.165, 1.54) is 6.92 Å². The predicted octanol–water partition coefficient (Wildman–Crippen LogP) is 3.08. The predicted molar refractivity (Wildman–Crippen MR) is 74.8 cm³/mol. The van der Waals surface area contributed by atoms with E-state index in [1.807, 2.05) is 38.1 Å². The summed E-state index contributed by atoms with van der Waals surface area (Å²) in [6, 6.07) is 9.23. The zero-order chi connectivity index (χ0) is 14.2. The summed E-state index contributed by atoms with van der Waals surface area (Å²) in [5, 5.41) is 0. The van der Waals surface area contributed by atoms with Gasteiger partial charge in [-0.2, -0.15) is 0 Å². The van der Waals surface area contributed by atoms with Crippen LogP contribution in [0, 0.1) is 13.8 Å². The van der Waals surface area contributed by atoms with E-state index in [-0.39, 0.29) is 11.6 Å². The lowest BCUT2D eigenvalue weighted by atomic mass is 10.0. The molecule has 0 spiro atoms. The highest BCUT2D eigenvalue weighted by molar-refractivity contribution is 6.10. The first-order valence-corrected chi connectivity index (χ1v) is 6.20. The highest BCUT2D eigenvalue weighted by Gasteiger charge is 2.19. The van der Waals surface area contributed by atoms with Crippen molar-refractivity contribution in [3.05, 3.63) is 58.4 Å². The molecule has 0 saturated carbocycles. The molecule has 2 aromatic rings. The van der Waals surface area contributed by atoms with Crippen LogP contribution in [0.25, 0.3) is 0 Å². The van der Waals surface area contributed by atoms with Gasteiger partial charge in [-0.05, 0) is 25.5 Å². The third kappa shape index (κ3) is 2.36. The van der Waals surface area contributed by atoms with Crippen LogP contribution in [-0.2, 0) is 7.05 Å². The van der Waals surface area contributed by atoms with Gasteiger partial charge in [-0.25, -0.2) is 0 Å². The summed E-state index contributed by atoms with van der Waals surface area (Å²) in [5.74, 6) is -0.0824. The van der Waals surface area contributed by atoms with Gasteiger partial charge in [0.05, 0.1) is 11.4 Å². The Kier molecular flexibility index (Phi) is 3.38. The van der Waals surface area contributed by atoms with Gasteiger partial charge >= 0.3 is 0 Å². The molecule has 2 rings (SSSR count). The fraction of sp³-hybridized carbons (Fsp3) is 0.250. The third-order valence-electron chi connectivity index (χ3n) is 3.31. The molecule has 0 atom stereocenters. The smallest absolute Gasteiger partial charge is 0.209 e. The van der Waals surface area contributed by atoms with E-state index in [0.717, 1.165) is 11.1 Å². The number of hydrogen-bond acceptors (Lipinski definition) is 2. The van der Waals surface area contributed by atoms with Crippen molar-refractivity contribution in [2.45, 2.75) is 20.8 Å². The fourth-order valence-corrected chi connectivity index (χ4v) is 2.27. The Hall–Kier alpha value is -2.16. The molecular formula is C16H17NO2. The van der Waals surface area contributed by atoms with Gasteiger partial charge in [-0.3, -0.25) is 9.59 Å². The molecular weight excluding hydrogens is 238 g/mol. The molecule has 1 aromatic carbocycles. The van der Waals surface area contributed by atoms with Gasteiger partial charge in [-0.1, -0.05) is 29.8 Å². The molecule has 3 nitrogen and oxygen atoms in total. The lowest BCUT2D eigenvalue weighted by Crippen LogP contribution is -2.11. The monoisotopic (exact) mass is 255 g/mol. The molecule has 1 heterocycles. The maximum atomic E-state index is 12.5. The van der Waals surface area contributed by atoms with Gasteiger partial charge in [0, 0.05) is 19.5 Å². The van der Waals surface area contributed by atoms with Crippen LogP contribution >= 0.6 is 0 Å². The quantitative estimate of drug-likeness (QED) is 0.791. The molecule has 98 valence electrons. The summed E-state index contributed by atoms with van der Waals surface area (Å²) >= 11 is 0. The van der Waals surface area contributed by atoms with Crippen molar-refractivity contribution in [2.24, 2.45) is 7.05 Å². The van der Waals surface area contributed by atoms with Gasteiger partial charge in [0.15, 0.2) is 5.78 Å². The average molecular weight is 255 g/mol. The second-order valence-corrected chi connectivity index (χ2v) is 4.87. The van der Waals surface area contributed by atoms with Crippen LogP contribution in [0.4, 0.5) is 0 Å². The van der Waals surface area contributed by atoms with Crippen molar-refractivity contribution in [2.75, 3.05) is 0 Å². The number of Topliss-reactive ketones (excluding diaryl/α,β-unsaturated/α-hetero) is 1. The van der Waals surface area contributed by atoms with Crippen molar-refractivity contribution in [3.8, 4) is 0 Å². The van der Waals surface area contributed by atoms with Crippen molar-refractivity contribution < 1.29 is 9.59 Å². The number of aryl methyl sites for hydroxylation is 2. The summed E-state index contributed by atoms with van der Waals surface area (Å²) in [5.41, 5.74) is 3.73. The third-order valence-corrected chi connectivity index (χ3v) is 3.31. The van der Waals surface area contributed by atoms with Gasteiger partial charge in [0.1, 0.15) is 0 Å². The number of nitrogens with zero attached hydrogens (tertiary/aromatic N) is 1. The molecule has 3 heteroatoms. The van der Waals surface area contributed by atoms with E-state index >= 15 is 0 Å². The zero-order valence-electron chi connectivity index (χ0n) is 11.7. The Balaban J connectivity index is 2.50. The minimum atomic E-state index is -0.0486. The van der Waals surface area contributed by atoms with E-state index in [2.05, 4.69) is 0 Å². The van der Waals surface area contributed by atoms with Gasteiger partial charge < -0.3 is 4.57 Å². The first-order chi connectivity index (χ1) is 8.91. The molecule has 1 aromatic heterocycles. The molecule has 0 radical (unpaired) electrons. The lowest BCUT2D eigenvalue weighted by Gasteiger charge is -2.06. The highest BCUT2D eigenvalue weighted by Crippen LogP contribution is 2.19. The Morgan fingerprint density at radius 2 is 1.63 bits per heavy atom. The molecule has 19 heavy (non-hydrogen) atoms. The second-order valence-electron chi connectivity index (χ2n) is 4.87. The van der Waals surface area contributed by atoms with Gasteiger partial charge in [0.2, 0.25) is 5.78 Å². The Morgan fingerprint density at radius 1 is 1.05 bits per heavy atom. The summed E-state index contributed by atoms with van der Waals surface area (Å²) in [7, 11) is 1.76. The molecule has 0 fully saturated rings. The zero-order valence-corrected chi connectivity index (χ0v) is 11.7. The summed E-state index contributed by atoms with van der Waals surface area (Å²) in [6.45, 7) is 5.35. The van der Waals surface area contributed by atoms with Crippen molar-refractivity contribution >= 4 is 11.6 Å². The van der Waals surface area contributed by atoms with Crippen molar-refractivity contribution in [3.63, 3.8) is 0 Å². The minimum Gasteiger partial charge on any atom is -0.338 e. The van der Waals surface area contributed by atoms with Gasteiger partial charge in [-0.15, -0.1) is 0 Å². The molecule has 0 saturated heterocycles. The topological polar surface area (TPSA) is 39.1 Å². The number of hydrogen-bond donors (Lipinski definition) is 0. The number of carbonyl (C=O) groups is 2. The fourth-order valence-electron chi connectivity index (χ4n) is 2.27. The van der Waals surface area contributed by atoms with Crippen LogP contribution in [0.1, 0.15) is 44.6 Å². The number of ketones is 2. The lowest BCUT2D eigenvalue weighted by molar-refractivity contribution is 0.100. The van der Waals surface area contributed by atoms with Crippen LogP contribution in [0.2, 0.25) is 0 Å². The van der Waals surface area contributed by atoms with Crippen LogP contribution in [0.3, 0.4) is 0 Å². The highest BCUT2D eigenvalue weighted by atomic mass is 16.1. The first-order valence-electron chi connectivity index (χ1n) is 6.20. The standard InChI is InChI=1S/C16H17NO2/c1-10-5-7-13(8-6-10)16(19)15-11(2)9-14(12(3)18)17(15)4/h5-9H,1-4H3. The molecule has 0 aliphatic carbocycles. The maximum absolute atomic E-state index is 12.5. The van der Waals surface area contributed by atoms with Crippen LogP contribution in [0.15, 0.2) is 30.3 Å². The maximum Gasteiger partial charge on any atom is 0.209 e. The number of aromatic nitrogens is 1. The first kappa shape index (κ1) is 13.3. The second kappa shape index (κ2) is 4.84. The van der Waals surface area contributed by atoms with Crippen molar-refractivity contribution in [1.29, 1.82) is 0 Å². The number of benzene rings is 1. The largest absolute Gasteiger partial charge is 0.338 e. The van der Waals surface area contributed by atoms with E-state index < -0.39 is 0 Å². The normalized spacial score (nSPS) is 10.5. The molecule has 0 aliphatic heterocycles. The molecule has 0 amide bonds. The number of carbonyl (C=O) groups excluding carboxylic acids is 2. The molecule has 0 bridgehead atoms. The average Bonchev–Trinajstić information content (AvgIpc) is 2.65. The Bertz CT molecular complexity index is 648. The Morgan fingerprint density at radius 3 is 2.11 bits per heavy atom. The van der Waals surface area contributed by atoms with E-state index in [9.17, 15) is 9.59 Å². The number of rotatable bonds is 3. The van der Waals surface area contributed by atoms with Gasteiger partial charge in [0.25, 0.3) is 0 Å². The Labute approximate surface area is 112 Å². The van der Waals surface area contributed by atoms with Crippen LogP contribution in [0.5, 0.6) is 0 Å². The molecule has 0 unspecified atom stereocenters.